The minimum atomic E-state index is -0.344. The third-order valence-corrected chi connectivity index (χ3v) is 1.72. The summed E-state index contributed by atoms with van der Waals surface area (Å²) in [6.45, 7) is 2.37. The van der Waals surface area contributed by atoms with Gasteiger partial charge in [-0.2, -0.15) is 0 Å². The van der Waals surface area contributed by atoms with Gasteiger partial charge in [-0.25, -0.2) is 4.98 Å². The predicted octanol–water partition coefficient (Wildman–Crippen LogP) is 0.260. The summed E-state index contributed by atoms with van der Waals surface area (Å²) in [6.07, 6.45) is 1.98. The highest BCUT2D eigenvalue weighted by Crippen LogP contribution is 2.15. The summed E-state index contributed by atoms with van der Waals surface area (Å²) < 4.78 is 0. The minimum absolute atomic E-state index is 0.273. The molecule has 0 unspecified atom stereocenters. The number of nitrogens with one attached hydrogen (secondary N) is 1. The van der Waals surface area contributed by atoms with Crippen molar-refractivity contribution in [2.45, 2.75) is 13.3 Å². The fourth-order valence-electron chi connectivity index (χ4n) is 1.04. The van der Waals surface area contributed by atoms with Gasteiger partial charge in [-0.3, -0.25) is 4.79 Å². The summed E-state index contributed by atoms with van der Waals surface area (Å²) in [5, 5.41) is 2.93. The molecule has 0 saturated carbocycles. The van der Waals surface area contributed by atoms with Gasteiger partial charge in [0.05, 0.1) is 5.69 Å². The number of nitrogens with two attached hydrogens (primary N) is 2. The summed E-state index contributed by atoms with van der Waals surface area (Å²) in [5.41, 5.74) is 12.3. The third-order valence-electron chi connectivity index (χ3n) is 1.72. The van der Waals surface area contributed by atoms with Gasteiger partial charge in [0.15, 0.2) is 0 Å². The number of nitrogens with zero attached hydrogens (tertiary/aromatic N) is 1. The Balaban J connectivity index is 2.55. The van der Waals surface area contributed by atoms with Crippen molar-refractivity contribution in [1.29, 1.82) is 0 Å². The molecule has 1 aromatic rings. The van der Waals surface area contributed by atoms with Crippen molar-refractivity contribution >= 4 is 17.4 Å². The first-order valence-corrected chi connectivity index (χ1v) is 4.34. The van der Waals surface area contributed by atoms with E-state index in [0.29, 0.717) is 18.1 Å². The topological polar surface area (TPSA) is 94.0 Å². The number of carbonyl (C=O) groups excluding carboxylic acids is 1. The van der Waals surface area contributed by atoms with Crippen molar-refractivity contribution in [3.63, 3.8) is 0 Å². The smallest absolute Gasteiger partial charge is 0.219 e. The molecular weight excluding hydrogens is 180 g/mol. The van der Waals surface area contributed by atoms with E-state index in [2.05, 4.69) is 10.3 Å². The van der Waals surface area contributed by atoms with Gasteiger partial charge in [-0.1, -0.05) is 0 Å². The fraction of sp³-hybridized carbons (Fsp3) is 0.333. The average molecular weight is 194 g/mol. The highest BCUT2D eigenvalue weighted by Gasteiger charge is 2.00. The summed E-state index contributed by atoms with van der Waals surface area (Å²) in [4.78, 5) is 14.5. The van der Waals surface area contributed by atoms with Gasteiger partial charge < -0.3 is 16.8 Å². The molecule has 0 radical (unpaired) electrons. The standard InChI is InChI=1S/C9H14N4O/c1-6-4-7(10)9(13-5-6)12-3-2-8(11)14/h4-5H,2-3,10H2,1H3,(H2,11,14)(H,12,13). The molecule has 1 aromatic heterocycles. The predicted molar refractivity (Wildman–Crippen MR) is 55.7 cm³/mol. The van der Waals surface area contributed by atoms with Gasteiger partial charge >= 0.3 is 0 Å². The first kappa shape index (κ1) is 10.3. The molecule has 0 aromatic carbocycles. The average Bonchev–Trinajstić information content (AvgIpc) is 2.08. The quantitative estimate of drug-likeness (QED) is 0.640. The van der Waals surface area contributed by atoms with E-state index in [9.17, 15) is 4.79 Å². The molecule has 0 aliphatic rings. The lowest BCUT2D eigenvalue weighted by Crippen LogP contribution is -2.16. The van der Waals surface area contributed by atoms with E-state index < -0.39 is 0 Å². The van der Waals surface area contributed by atoms with Crippen molar-refractivity contribution in [3.05, 3.63) is 17.8 Å². The number of hydrogen-bond donors (Lipinski definition) is 3. The monoisotopic (exact) mass is 194 g/mol. The van der Waals surface area contributed by atoms with Gasteiger partial charge in [-0.15, -0.1) is 0 Å². The van der Waals surface area contributed by atoms with E-state index in [1.807, 2.05) is 13.0 Å². The van der Waals surface area contributed by atoms with Crippen LogP contribution in [-0.4, -0.2) is 17.4 Å². The highest BCUT2D eigenvalue weighted by molar-refractivity contribution is 5.74. The molecule has 0 atom stereocenters. The SMILES string of the molecule is Cc1cnc(NCCC(N)=O)c(N)c1. The summed E-state index contributed by atoms with van der Waals surface area (Å²) >= 11 is 0. The van der Waals surface area contributed by atoms with Crippen molar-refractivity contribution in [1.82, 2.24) is 4.98 Å². The van der Waals surface area contributed by atoms with Crippen LogP contribution in [0.2, 0.25) is 0 Å². The normalized spacial score (nSPS) is 9.79. The second kappa shape index (κ2) is 4.45. The molecule has 0 aliphatic heterocycles. The van der Waals surface area contributed by atoms with E-state index in [-0.39, 0.29) is 12.3 Å². The summed E-state index contributed by atoms with van der Waals surface area (Å²) in [5.74, 6) is 0.250. The molecule has 0 saturated heterocycles. The van der Waals surface area contributed by atoms with Crippen LogP contribution >= 0.6 is 0 Å². The highest BCUT2D eigenvalue weighted by atomic mass is 16.1. The third kappa shape index (κ3) is 2.93. The number of carbonyl (C=O) groups is 1. The lowest BCUT2D eigenvalue weighted by atomic mass is 10.3. The Bertz CT molecular complexity index is 338. The van der Waals surface area contributed by atoms with Gasteiger partial charge in [0.2, 0.25) is 5.91 Å². The molecule has 1 rings (SSSR count). The van der Waals surface area contributed by atoms with Gasteiger partial charge in [0.25, 0.3) is 0 Å². The van der Waals surface area contributed by atoms with E-state index in [0.717, 1.165) is 5.56 Å². The number of primary amides is 1. The molecule has 0 fully saturated rings. The van der Waals surface area contributed by atoms with Crippen LogP contribution in [0.1, 0.15) is 12.0 Å². The Kier molecular flexibility index (Phi) is 3.28. The Morgan fingerprint density at radius 3 is 2.93 bits per heavy atom. The molecule has 5 N–H and O–H groups in total. The van der Waals surface area contributed by atoms with Crippen LogP contribution < -0.4 is 16.8 Å². The van der Waals surface area contributed by atoms with Crippen molar-refractivity contribution in [3.8, 4) is 0 Å². The maximum Gasteiger partial charge on any atom is 0.219 e. The second-order valence-corrected chi connectivity index (χ2v) is 3.09. The van der Waals surface area contributed by atoms with Crippen LogP contribution in [0.15, 0.2) is 12.3 Å². The molecule has 0 bridgehead atoms. The number of nitrogen functional groups attached to an aromatic ring is 1. The van der Waals surface area contributed by atoms with E-state index in [1.54, 1.807) is 6.20 Å². The zero-order chi connectivity index (χ0) is 10.6. The number of aromatic nitrogens is 1. The summed E-state index contributed by atoms with van der Waals surface area (Å²) in [6, 6.07) is 1.82. The van der Waals surface area contributed by atoms with E-state index in [1.165, 1.54) is 0 Å². The first-order chi connectivity index (χ1) is 6.59. The lowest BCUT2D eigenvalue weighted by molar-refractivity contribution is -0.117. The molecular formula is C9H14N4O. The van der Waals surface area contributed by atoms with Crippen LogP contribution in [0, 0.1) is 6.92 Å². The van der Waals surface area contributed by atoms with Crippen LogP contribution in [0.5, 0.6) is 0 Å². The number of aryl methyl sites for hydroxylation is 1. The van der Waals surface area contributed by atoms with Gasteiger partial charge in [0.1, 0.15) is 5.82 Å². The first-order valence-electron chi connectivity index (χ1n) is 4.34. The number of pyridine rings is 1. The second-order valence-electron chi connectivity index (χ2n) is 3.09. The molecule has 14 heavy (non-hydrogen) atoms. The minimum Gasteiger partial charge on any atom is -0.396 e. The molecule has 5 nitrogen and oxygen atoms in total. The van der Waals surface area contributed by atoms with Crippen molar-refractivity contribution in [2.24, 2.45) is 5.73 Å². The van der Waals surface area contributed by atoms with Gasteiger partial charge in [-0.05, 0) is 18.6 Å². The molecule has 76 valence electrons. The number of rotatable bonds is 4. The number of anilines is 2. The lowest BCUT2D eigenvalue weighted by Gasteiger charge is -2.07. The van der Waals surface area contributed by atoms with Gasteiger partial charge in [0, 0.05) is 19.2 Å². The largest absolute Gasteiger partial charge is 0.396 e. The van der Waals surface area contributed by atoms with E-state index >= 15 is 0 Å². The van der Waals surface area contributed by atoms with Crippen molar-refractivity contribution in [2.75, 3.05) is 17.6 Å². The summed E-state index contributed by atoms with van der Waals surface area (Å²) in [7, 11) is 0. The molecule has 0 aliphatic carbocycles. The van der Waals surface area contributed by atoms with Crippen LogP contribution in [-0.2, 0) is 4.79 Å². The number of amides is 1. The maximum atomic E-state index is 10.5. The maximum absolute atomic E-state index is 10.5. The Labute approximate surface area is 82.5 Å². The molecule has 1 amide bonds. The molecule has 1 heterocycles. The number of hydrogen-bond acceptors (Lipinski definition) is 4. The van der Waals surface area contributed by atoms with Crippen LogP contribution in [0.3, 0.4) is 0 Å². The fourth-order valence-corrected chi connectivity index (χ4v) is 1.04. The van der Waals surface area contributed by atoms with Crippen LogP contribution in [0.25, 0.3) is 0 Å². The zero-order valence-electron chi connectivity index (χ0n) is 8.08. The van der Waals surface area contributed by atoms with Crippen LogP contribution in [0.4, 0.5) is 11.5 Å². The zero-order valence-corrected chi connectivity index (χ0v) is 8.08. The Morgan fingerprint density at radius 1 is 1.64 bits per heavy atom. The molecule has 5 heteroatoms. The Hall–Kier alpha value is -1.78. The van der Waals surface area contributed by atoms with E-state index in [4.69, 9.17) is 11.5 Å². The Morgan fingerprint density at radius 2 is 2.36 bits per heavy atom. The van der Waals surface area contributed by atoms with Crippen molar-refractivity contribution < 1.29 is 4.79 Å². The molecule has 0 spiro atoms.